The van der Waals surface area contributed by atoms with Gasteiger partial charge >= 0.3 is 0 Å². The Bertz CT molecular complexity index is 505. The van der Waals surface area contributed by atoms with Crippen LogP contribution in [0.3, 0.4) is 0 Å². The van der Waals surface area contributed by atoms with Crippen LogP contribution < -0.4 is 5.32 Å². The Labute approximate surface area is 133 Å². The molecule has 2 aliphatic heterocycles. The minimum atomic E-state index is -3.05. The van der Waals surface area contributed by atoms with Crippen LogP contribution in [0.1, 0.15) is 51.4 Å². The van der Waals surface area contributed by atoms with Crippen LogP contribution in [0.4, 0.5) is 0 Å². The monoisotopic (exact) mass is 328 g/mol. The molecule has 1 spiro atoms. The zero-order valence-corrected chi connectivity index (χ0v) is 14.2. The number of hydrogen-bond acceptors (Lipinski definition) is 4. The Balaban J connectivity index is 1.61. The molecule has 1 saturated carbocycles. The van der Waals surface area contributed by atoms with E-state index in [0.717, 1.165) is 58.0 Å². The maximum absolute atomic E-state index is 12.5. The number of carbonyl (C=O) groups is 1. The van der Waals surface area contributed by atoms with Gasteiger partial charge in [0.2, 0.25) is 5.91 Å². The fraction of sp³-hybridized carbons (Fsp3) is 0.938. The number of nitrogens with zero attached hydrogens (tertiary/aromatic N) is 1. The molecule has 22 heavy (non-hydrogen) atoms. The number of hydrogen-bond donors (Lipinski definition) is 1. The van der Waals surface area contributed by atoms with E-state index in [2.05, 4.69) is 5.32 Å². The molecule has 5 nitrogen and oxygen atoms in total. The molecule has 3 fully saturated rings. The summed E-state index contributed by atoms with van der Waals surface area (Å²) in [6.07, 6.45) is 7.23. The summed E-state index contributed by atoms with van der Waals surface area (Å²) in [7, 11) is -3.05. The average Bonchev–Trinajstić information content (AvgIpc) is 3.02. The Morgan fingerprint density at radius 2 is 2.00 bits per heavy atom. The van der Waals surface area contributed by atoms with Gasteiger partial charge in [-0.1, -0.05) is 19.3 Å². The quantitative estimate of drug-likeness (QED) is 0.849. The number of carbonyl (C=O) groups excluding carboxylic acids is 1. The summed E-state index contributed by atoms with van der Waals surface area (Å²) >= 11 is 0. The molecule has 0 aromatic carbocycles. The largest absolute Gasteiger partial charge is 0.340 e. The van der Waals surface area contributed by atoms with Crippen molar-refractivity contribution in [2.75, 3.05) is 31.9 Å². The Hall–Kier alpha value is -0.620. The summed E-state index contributed by atoms with van der Waals surface area (Å²) in [4.78, 5) is 14.3. The van der Waals surface area contributed by atoms with Gasteiger partial charge in [0, 0.05) is 19.5 Å². The van der Waals surface area contributed by atoms with Crippen LogP contribution in [0.5, 0.6) is 0 Å². The van der Waals surface area contributed by atoms with E-state index in [4.69, 9.17) is 0 Å². The molecule has 1 N–H and O–H groups in total. The van der Waals surface area contributed by atoms with Crippen molar-refractivity contribution in [1.82, 2.24) is 10.2 Å². The zero-order valence-electron chi connectivity index (χ0n) is 13.3. The summed E-state index contributed by atoms with van der Waals surface area (Å²) in [6.45, 7) is 2.92. The summed E-state index contributed by atoms with van der Waals surface area (Å²) in [5.41, 5.74) is 0. The average molecular weight is 328 g/mol. The van der Waals surface area contributed by atoms with Crippen molar-refractivity contribution in [2.24, 2.45) is 5.92 Å². The summed E-state index contributed by atoms with van der Waals surface area (Å²) in [5.74, 6) is 0.928. The number of sulfone groups is 1. The fourth-order valence-corrected chi connectivity index (χ4v) is 6.45. The van der Waals surface area contributed by atoms with E-state index in [0.29, 0.717) is 25.4 Å². The first-order chi connectivity index (χ1) is 10.5. The predicted octanol–water partition coefficient (Wildman–Crippen LogP) is 1.34. The van der Waals surface area contributed by atoms with Crippen LogP contribution in [0.15, 0.2) is 0 Å². The van der Waals surface area contributed by atoms with Crippen molar-refractivity contribution >= 4 is 15.7 Å². The van der Waals surface area contributed by atoms with Gasteiger partial charge in [0.25, 0.3) is 0 Å². The molecule has 2 heterocycles. The van der Waals surface area contributed by atoms with E-state index >= 15 is 0 Å². The minimum Gasteiger partial charge on any atom is -0.340 e. The number of amides is 1. The van der Waals surface area contributed by atoms with E-state index in [1.165, 1.54) is 0 Å². The SMILES string of the molecule is O=C(CCC1CCNC1)N1CCS(=O)(=O)C2(CCCCC2)C1. The predicted molar refractivity (Wildman–Crippen MR) is 86.4 cm³/mol. The van der Waals surface area contributed by atoms with Gasteiger partial charge < -0.3 is 10.2 Å². The lowest BCUT2D eigenvalue weighted by atomic mass is 9.87. The Kier molecular flexibility index (Phi) is 4.78. The van der Waals surface area contributed by atoms with Gasteiger partial charge in [0.05, 0.1) is 10.5 Å². The molecule has 3 rings (SSSR count). The highest BCUT2D eigenvalue weighted by atomic mass is 32.2. The third kappa shape index (κ3) is 3.18. The summed E-state index contributed by atoms with van der Waals surface area (Å²) < 4.78 is 24.5. The highest BCUT2D eigenvalue weighted by Gasteiger charge is 2.48. The lowest BCUT2D eigenvalue weighted by Gasteiger charge is -2.44. The van der Waals surface area contributed by atoms with E-state index in [1.54, 1.807) is 0 Å². The summed E-state index contributed by atoms with van der Waals surface area (Å²) in [5, 5.41) is 3.33. The topological polar surface area (TPSA) is 66.5 Å². The smallest absolute Gasteiger partial charge is 0.222 e. The summed E-state index contributed by atoms with van der Waals surface area (Å²) in [6, 6.07) is 0. The van der Waals surface area contributed by atoms with Crippen LogP contribution in [0, 0.1) is 5.92 Å². The standard InChI is InChI=1S/C16H28N2O3S/c19-15(5-4-14-6-9-17-12-14)18-10-11-22(20,21)16(13-18)7-2-1-3-8-16/h14,17H,1-13H2. The Morgan fingerprint density at radius 1 is 1.23 bits per heavy atom. The van der Waals surface area contributed by atoms with Gasteiger partial charge in [-0.2, -0.15) is 0 Å². The molecular formula is C16H28N2O3S. The van der Waals surface area contributed by atoms with Crippen LogP contribution >= 0.6 is 0 Å². The molecule has 0 aromatic heterocycles. The molecule has 0 bridgehead atoms. The van der Waals surface area contributed by atoms with E-state index in [1.807, 2.05) is 4.90 Å². The first-order valence-electron chi connectivity index (χ1n) is 8.73. The molecular weight excluding hydrogens is 300 g/mol. The molecule has 6 heteroatoms. The zero-order chi connectivity index (χ0) is 15.6. The van der Waals surface area contributed by atoms with Gasteiger partial charge in [-0.3, -0.25) is 4.79 Å². The first-order valence-corrected chi connectivity index (χ1v) is 10.4. The second-order valence-electron chi connectivity index (χ2n) is 7.28. The lowest BCUT2D eigenvalue weighted by Crippen LogP contribution is -2.58. The molecule has 0 aromatic rings. The van der Waals surface area contributed by atoms with Crippen molar-refractivity contribution in [1.29, 1.82) is 0 Å². The third-order valence-corrected chi connectivity index (χ3v) is 8.39. The number of rotatable bonds is 3. The van der Waals surface area contributed by atoms with Gasteiger partial charge in [0.15, 0.2) is 9.84 Å². The number of nitrogens with one attached hydrogen (secondary N) is 1. The van der Waals surface area contributed by atoms with E-state index < -0.39 is 14.6 Å². The van der Waals surface area contributed by atoms with Gasteiger partial charge in [0.1, 0.15) is 0 Å². The normalized spacial score (nSPS) is 30.5. The minimum absolute atomic E-state index is 0.156. The molecule has 1 aliphatic carbocycles. The molecule has 1 unspecified atom stereocenters. The second kappa shape index (κ2) is 6.48. The van der Waals surface area contributed by atoms with Crippen molar-refractivity contribution in [3.8, 4) is 0 Å². The van der Waals surface area contributed by atoms with Crippen LogP contribution in [-0.2, 0) is 14.6 Å². The maximum Gasteiger partial charge on any atom is 0.222 e. The van der Waals surface area contributed by atoms with Crippen molar-refractivity contribution in [3.63, 3.8) is 0 Å². The van der Waals surface area contributed by atoms with Crippen molar-refractivity contribution in [2.45, 2.75) is 56.1 Å². The fourth-order valence-electron chi connectivity index (χ4n) is 4.30. The first kappa shape index (κ1) is 16.2. The molecule has 126 valence electrons. The van der Waals surface area contributed by atoms with Crippen molar-refractivity contribution < 1.29 is 13.2 Å². The highest BCUT2D eigenvalue weighted by molar-refractivity contribution is 7.92. The van der Waals surface area contributed by atoms with Gasteiger partial charge in [-0.25, -0.2) is 8.42 Å². The van der Waals surface area contributed by atoms with Crippen LogP contribution in [-0.4, -0.2) is 55.9 Å². The molecule has 0 radical (unpaired) electrons. The van der Waals surface area contributed by atoms with Gasteiger partial charge in [-0.05, 0) is 44.7 Å². The van der Waals surface area contributed by atoms with Crippen LogP contribution in [0.2, 0.25) is 0 Å². The third-order valence-electron chi connectivity index (χ3n) is 5.82. The van der Waals surface area contributed by atoms with Crippen molar-refractivity contribution in [3.05, 3.63) is 0 Å². The highest BCUT2D eigenvalue weighted by Crippen LogP contribution is 2.38. The van der Waals surface area contributed by atoms with Crippen LogP contribution in [0.25, 0.3) is 0 Å². The Morgan fingerprint density at radius 3 is 2.68 bits per heavy atom. The lowest BCUT2D eigenvalue weighted by molar-refractivity contribution is -0.132. The molecule has 1 amide bonds. The van der Waals surface area contributed by atoms with E-state index in [9.17, 15) is 13.2 Å². The molecule has 2 saturated heterocycles. The second-order valence-corrected chi connectivity index (χ2v) is 9.78. The van der Waals surface area contributed by atoms with Gasteiger partial charge in [-0.15, -0.1) is 0 Å². The maximum atomic E-state index is 12.5. The van der Waals surface area contributed by atoms with E-state index in [-0.39, 0.29) is 11.7 Å². The molecule has 1 atom stereocenters. The molecule has 3 aliphatic rings.